The highest BCUT2D eigenvalue weighted by Gasteiger charge is 2.10. The van der Waals surface area contributed by atoms with Crippen molar-refractivity contribution in [3.63, 3.8) is 0 Å². The highest BCUT2D eigenvalue weighted by Crippen LogP contribution is 2.31. The third kappa shape index (κ3) is 1.62. The number of hydrogen-bond donors (Lipinski definition) is 1. The fourth-order valence-electron chi connectivity index (χ4n) is 1.46. The lowest BCUT2D eigenvalue weighted by Gasteiger charge is -2.16. The van der Waals surface area contributed by atoms with E-state index in [9.17, 15) is 4.79 Å². The van der Waals surface area contributed by atoms with Gasteiger partial charge in [-0.3, -0.25) is 4.79 Å². The Morgan fingerprint density at radius 2 is 2.36 bits per heavy atom. The van der Waals surface area contributed by atoms with Crippen LogP contribution in [0.1, 0.15) is 12.5 Å². The number of esters is 1. The van der Waals surface area contributed by atoms with Crippen molar-refractivity contribution in [2.24, 2.45) is 0 Å². The van der Waals surface area contributed by atoms with Crippen LogP contribution in [-0.2, 0) is 4.79 Å². The van der Waals surface area contributed by atoms with Gasteiger partial charge in [-0.05, 0) is 6.07 Å². The van der Waals surface area contributed by atoms with Gasteiger partial charge in [-0.1, -0.05) is 24.3 Å². The minimum Gasteiger partial charge on any atom is -0.424 e. The molecule has 0 bridgehead atoms. The third-order valence-corrected chi connectivity index (χ3v) is 2.01. The summed E-state index contributed by atoms with van der Waals surface area (Å²) in [6, 6.07) is 5.63. The summed E-state index contributed by atoms with van der Waals surface area (Å²) < 4.78 is 5.08. The Labute approximate surface area is 82.4 Å². The van der Waals surface area contributed by atoms with Crippen LogP contribution in [0.5, 0.6) is 5.75 Å². The van der Waals surface area contributed by atoms with E-state index in [1.807, 2.05) is 24.3 Å². The first-order valence-electron chi connectivity index (χ1n) is 4.49. The minimum absolute atomic E-state index is 0.297. The van der Waals surface area contributed by atoms with E-state index in [2.05, 4.69) is 5.32 Å². The molecule has 0 aromatic heterocycles. The van der Waals surface area contributed by atoms with Crippen LogP contribution in [0.4, 0.5) is 5.69 Å². The maximum atomic E-state index is 10.8. The van der Waals surface area contributed by atoms with Crippen molar-refractivity contribution in [2.75, 3.05) is 11.9 Å². The van der Waals surface area contributed by atoms with Crippen molar-refractivity contribution in [1.29, 1.82) is 0 Å². The summed E-state index contributed by atoms with van der Waals surface area (Å²) in [5.41, 5.74) is 1.94. The van der Waals surface area contributed by atoms with E-state index in [1.54, 1.807) is 6.07 Å². The second kappa shape index (κ2) is 3.54. The van der Waals surface area contributed by atoms with E-state index >= 15 is 0 Å². The van der Waals surface area contributed by atoms with E-state index in [0.717, 1.165) is 17.8 Å². The van der Waals surface area contributed by atoms with Gasteiger partial charge in [0.15, 0.2) is 5.75 Å². The van der Waals surface area contributed by atoms with Gasteiger partial charge in [0.1, 0.15) is 0 Å². The van der Waals surface area contributed by atoms with E-state index in [-0.39, 0.29) is 5.97 Å². The summed E-state index contributed by atoms with van der Waals surface area (Å²) in [6.45, 7) is 2.17. The predicted molar refractivity (Wildman–Crippen MR) is 55.3 cm³/mol. The standard InChI is InChI=1S/C11H11NO2/c1-8(13)14-10-6-2-4-9-5-3-7-12-11(9)10/h2-6,12H,7H2,1H3. The topological polar surface area (TPSA) is 38.3 Å². The summed E-state index contributed by atoms with van der Waals surface area (Å²) >= 11 is 0. The number of para-hydroxylation sites is 1. The van der Waals surface area contributed by atoms with Crippen LogP contribution in [0, 0.1) is 0 Å². The molecule has 0 amide bonds. The zero-order chi connectivity index (χ0) is 9.97. The third-order valence-electron chi connectivity index (χ3n) is 2.01. The van der Waals surface area contributed by atoms with Crippen LogP contribution in [0.2, 0.25) is 0 Å². The van der Waals surface area contributed by atoms with Gasteiger partial charge in [0.25, 0.3) is 0 Å². The molecule has 1 N–H and O–H groups in total. The second-order valence-corrected chi connectivity index (χ2v) is 3.10. The van der Waals surface area contributed by atoms with Crippen molar-refractivity contribution < 1.29 is 9.53 Å². The molecular weight excluding hydrogens is 178 g/mol. The average molecular weight is 189 g/mol. The summed E-state index contributed by atoms with van der Waals surface area (Å²) in [6.07, 6.45) is 4.04. The molecule has 1 aliphatic rings. The van der Waals surface area contributed by atoms with Crippen molar-refractivity contribution in [2.45, 2.75) is 6.92 Å². The summed E-state index contributed by atoms with van der Waals surface area (Å²) in [5.74, 6) is 0.300. The highest BCUT2D eigenvalue weighted by molar-refractivity contribution is 5.79. The molecule has 14 heavy (non-hydrogen) atoms. The first-order chi connectivity index (χ1) is 6.77. The van der Waals surface area contributed by atoms with Gasteiger partial charge in [0.05, 0.1) is 5.69 Å². The zero-order valence-electron chi connectivity index (χ0n) is 7.91. The van der Waals surface area contributed by atoms with Crippen LogP contribution in [0.3, 0.4) is 0 Å². The van der Waals surface area contributed by atoms with Crippen molar-refractivity contribution in [3.8, 4) is 5.75 Å². The normalized spacial score (nSPS) is 12.9. The summed E-state index contributed by atoms with van der Waals surface area (Å²) in [5, 5.41) is 3.17. The average Bonchev–Trinajstić information content (AvgIpc) is 2.18. The minimum atomic E-state index is -0.297. The lowest BCUT2D eigenvalue weighted by molar-refractivity contribution is -0.131. The van der Waals surface area contributed by atoms with Gasteiger partial charge in [0, 0.05) is 19.0 Å². The quantitative estimate of drug-likeness (QED) is 0.542. The summed E-state index contributed by atoms with van der Waals surface area (Å²) in [7, 11) is 0. The van der Waals surface area contributed by atoms with Crippen LogP contribution in [-0.4, -0.2) is 12.5 Å². The Bertz CT molecular complexity index is 396. The molecule has 2 rings (SSSR count). The maximum absolute atomic E-state index is 10.8. The number of nitrogens with one attached hydrogen (secondary N) is 1. The molecule has 0 saturated heterocycles. The molecule has 72 valence electrons. The number of anilines is 1. The van der Waals surface area contributed by atoms with E-state index in [0.29, 0.717) is 5.75 Å². The molecule has 1 aliphatic heterocycles. The lowest BCUT2D eigenvalue weighted by atomic mass is 10.1. The molecule has 0 atom stereocenters. The number of carbonyl (C=O) groups is 1. The zero-order valence-corrected chi connectivity index (χ0v) is 7.91. The van der Waals surface area contributed by atoms with Crippen molar-refractivity contribution in [1.82, 2.24) is 0 Å². The smallest absolute Gasteiger partial charge is 0.308 e. The SMILES string of the molecule is CC(=O)Oc1cccc2c1NCC=C2. The van der Waals surface area contributed by atoms with Gasteiger partial charge in [-0.15, -0.1) is 0 Å². The molecule has 1 heterocycles. The molecule has 0 spiro atoms. The molecule has 0 aliphatic carbocycles. The number of benzene rings is 1. The first-order valence-corrected chi connectivity index (χ1v) is 4.49. The number of ether oxygens (including phenoxy) is 1. The van der Waals surface area contributed by atoms with Crippen molar-refractivity contribution in [3.05, 3.63) is 29.8 Å². The Morgan fingerprint density at radius 3 is 3.14 bits per heavy atom. The van der Waals surface area contributed by atoms with Gasteiger partial charge in [-0.2, -0.15) is 0 Å². The number of hydrogen-bond acceptors (Lipinski definition) is 3. The Hall–Kier alpha value is -1.77. The summed E-state index contributed by atoms with van der Waals surface area (Å²) in [4.78, 5) is 10.8. The second-order valence-electron chi connectivity index (χ2n) is 3.10. The lowest BCUT2D eigenvalue weighted by Crippen LogP contribution is -2.09. The Morgan fingerprint density at radius 1 is 1.50 bits per heavy atom. The van der Waals surface area contributed by atoms with Crippen LogP contribution in [0.15, 0.2) is 24.3 Å². The molecule has 3 nitrogen and oxygen atoms in total. The van der Waals surface area contributed by atoms with Crippen LogP contribution < -0.4 is 10.1 Å². The van der Waals surface area contributed by atoms with Gasteiger partial charge >= 0.3 is 5.97 Å². The molecule has 1 aromatic rings. The molecule has 0 fully saturated rings. The predicted octanol–water partition coefficient (Wildman–Crippen LogP) is 2.05. The Kier molecular flexibility index (Phi) is 2.23. The first kappa shape index (κ1) is 8.81. The van der Waals surface area contributed by atoms with E-state index in [1.165, 1.54) is 6.92 Å². The van der Waals surface area contributed by atoms with Gasteiger partial charge in [-0.25, -0.2) is 0 Å². The van der Waals surface area contributed by atoms with E-state index in [4.69, 9.17) is 4.74 Å². The molecule has 0 radical (unpaired) electrons. The van der Waals surface area contributed by atoms with Gasteiger partial charge in [0.2, 0.25) is 0 Å². The number of fused-ring (bicyclic) bond motifs is 1. The van der Waals surface area contributed by atoms with Crippen molar-refractivity contribution >= 4 is 17.7 Å². The van der Waals surface area contributed by atoms with Crippen LogP contribution >= 0.6 is 0 Å². The molecule has 0 unspecified atom stereocenters. The fourth-order valence-corrected chi connectivity index (χ4v) is 1.46. The number of carbonyl (C=O) groups excluding carboxylic acids is 1. The molecule has 1 aromatic carbocycles. The Balaban J connectivity index is 2.41. The maximum Gasteiger partial charge on any atom is 0.308 e. The van der Waals surface area contributed by atoms with Gasteiger partial charge < -0.3 is 10.1 Å². The molecular formula is C11H11NO2. The molecule has 0 saturated carbocycles. The highest BCUT2D eigenvalue weighted by atomic mass is 16.5. The molecule has 3 heteroatoms. The largest absolute Gasteiger partial charge is 0.424 e. The number of rotatable bonds is 1. The fraction of sp³-hybridized carbons (Fsp3) is 0.182. The monoisotopic (exact) mass is 189 g/mol. The van der Waals surface area contributed by atoms with E-state index < -0.39 is 0 Å². The van der Waals surface area contributed by atoms with Crippen LogP contribution in [0.25, 0.3) is 6.08 Å².